The molecule has 1 saturated carbocycles. The Bertz CT molecular complexity index is 352. The standard InChI is InChI=1S/C19H35NO4.C2H6/c1-3-12-23-14-6-15-24-13-5-7-19(22)20-17-10-8-16(9-11-17)18(21)4-2;1-2/h16-17H,3-15H2,1-2H3,(H,20,22);1-2H3. The number of nitrogens with one attached hydrogen (secondary N) is 1. The molecular weight excluding hydrogens is 330 g/mol. The molecule has 0 aromatic rings. The van der Waals surface area contributed by atoms with E-state index < -0.39 is 0 Å². The number of hydrogen-bond acceptors (Lipinski definition) is 4. The Kier molecular flexibility index (Phi) is 16.8. The maximum absolute atomic E-state index is 11.9. The topological polar surface area (TPSA) is 64.6 Å². The van der Waals surface area contributed by atoms with Crippen molar-refractivity contribution >= 4 is 11.7 Å². The fourth-order valence-corrected chi connectivity index (χ4v) is 3.09. The highest BCUT2D eigenvalue weighted by atomic mass is 16.5. The summed E-state index contributed by atoms with van der Waals surface area (Å²) in [5.41, 5.74) is 0. The van der Waals surface area contributed by atoms with Gasteiger partial charge in [-0.1, -0.05) is 27.7 Å². The largest absolute Gasteiger partial charge is 0.381 e. The van der Waals surface area contributed by atoms with Crippen LogP contribution >= 0.6 is 0 Å². The summed E-state index contributed by atoms with van der Waals surface area (Å²) in [4.78, 5) is 23.6. The number of carbonyl (C=O) groups excluding carboxylic acids is 2. The SMILES string of the molecule is CC.CCCOCCCOCCCC(=O)NC1CCC(C(=O)CC)CC1. The normalized spacial score (nSPS) is 19.4. The van der Waals surface area contributed by atoms with E-state index in [1.165, 1.54) is 0 Å². The molecule has 0 aromatic heterocycles. The van der Waals surface area contributed by atoms with Gasteiger partial charge in [-0.3, -0.25) is 9.59 Å². The van der Waals surface area contributed by atoms with Crippen molar-refractivity contribution in [1.29, 1.82) is 0 Å². The van der Waals surface area contributed by atoms with Crippen molar-refractivity contribution in [3.63, 3.8) is 0 Å². The minimum atomic E-state index is 0.107. The lowest BCUT2D eigenvalue weighted by molar-refractivity contribution is -0.124. The van der Waals surface area contributed by atoms with Crippen molar-refractivity contribution in [2.24, 2.45) is 5.92 Å². The summed E-state index contributed by atoms with van der Waals surface area (Å²) >= 11 is 0. The number of Topliss-reactive ketones (excluding diaryl/α,β-unsaturated/α-hetero) is 1. The molecule has 1 N–H and O–H groups in total. The van der Waals surface area contributed by atoms with E-state index in [-0.39, 0.29) is 17.9 Å². The van der Waals surface area contributed by atoms with Crippen molar-refractivity contribution in [3.05, 3.63) is 0 Å². The Morgan fingerprint density at radius 2 is 1.46 bits per heavy atom. The van der Waals surface area contributed by atoms with Crippen molar-refractivity contribution in [3.8, 4) is 0 Å². The lowest BCUT2D eigenvalue weighted by Gasteiger charge is -2.28. The Balaban J connectivity index is 0.00000301. The molecule has 1 aliphatic carbocycles. The summed E-state index contributed by atoms with van der Waals surface area (Å²) in [6.45, 7) is 10.9. The van der Waals surface area contributed by atoms with E-state index in [1.54, 1.807) is 0 Å². The average molecular weight is 372 g/mol. The minimum absolute atomic E-state index is 0.107. The Labute approximate surface area is 160 Å². The molecule has 5 nitrogen and oxygen atoms in total. The maximum atomic E-state index is 11.9. The Morgan fingerprint density at radius 3 is 2.04 bits per heavy atom. The maximum Gasteiger partial charge on any atom is 0.220 e. The summed E-state index contributed by atoms with van der Waals surface area (Å²) < 4.78 is 10.9. The molecule has 0 spiro atoms. The highest BCUT2D eigenvalue weighted by Crippen LogP contribution is 2.25. The van der Waals surface area contributed by atoms with Gasteiger partial charge in [0.25, 0.3) is 0 Å². The van der Waals surface area contributed by atoms with Gasteiger partial charge >= 0.3 is 0 Å². The number of ether oxygens (including phenoxy) is 2. The van der Waals surface area contributed by atoms with Gasteiger partial charge in [-0.25, -0.2) is 0 Å². The number of ketones is 1. The molecular formula is C21H41NO4. The van der Waals surface area contributed by atoms with E-state index in [4.69, 9.17) is 9.47 Å². The quantitative estimate of drug-likeness (QED) is 0.491. The molecule has 0 unspecified atom stereocenters. The summed E-state index contributed by atoms with van der Waals surface area (Å²) in [6, 6.07) is 0.245. The Hall–Kier alpha value is -0.940. The summed E-state index contributed by atoms with van der Waals surface area (Å²) in [7, 11) is 0. The van der Waals surface area contributed by atoms with Crippen LogP contribution in [0.2, 0.25) is 0 Å². The van der Waals surface area contributed by atoms with E-state index >= 15 is 0 Å². The predicted molar refractivity (Wildman–Crippen MR) is 106 cm³/mol. The van der Waals surface area contributed by atoms with Gasteiger partial charge in [-0.2, -0.15) is 0 Å². The molecule has 1 amide bonds. The first kappa shape index (κ1) is 25.1. The average Bonchev–Trinajstić information content (AvgIpc) is 2.68. The zero-order valence-electron chi connectivity index (χ0n) is 17.5. The predicted octanol–water partition coefficient (Wildman–Crippen LogP) is 4.28. The molecule has 0 bridgehead atoms. The molecule has 154 valence electrons. The lowest BCUT2D eigenvalue weighted by Crippen LogP contribution is -2.38. The van der Waals surface area contributed by atoms with Gasteiger partial charge in [0.15, 0.2) is 0 Å². The van der Waals surface area contributed by atoms with Crippen molar-refractivity contribution in [2.75, 3.05) is 26.4 Å². The van der Waals surface area contributed by atoms with Crippen molar-refractivity contribution in [2.45, 2.75) is 91.5 Å². The molecule has 1 rings (SSSR count). The molecule has 1 fully saturated rings. The van der Waals surface area contributed by atoms with Crippen molar-refractivity contribution in [1.82, 2.24) is 5.32 Å². The third-order valence-electron chi connectivity index (χ3n) is 4.51. The van der Waals surface area contributed by atoms with Crippen LogP contribution in [0.3, 0.4) is 0 Å². The first-order valence-corrected chi connectivity index (χ1v) is 10.6. The monoisotopic (exact) mass is 371 g/mol. The van der Waals surface area contributed by atoms with Gasteiger partial charge in [-0.05, 0) is 44.9 Å². The van der Waals surface area contributed by atoms with E-state index in [0.29, 0.717) is 31.8 Å². The van der Waals surface area contributed by atoms with Crippen LogP contribution in [0.25, 0.3) is 0 Å². The second-order valence-electron chi connectivity index (χ2n) is 6.62. The van der Waals surface area contributed by atoms with Crippen LogP contribution in [-0.4, -0.2) is 44.2 Å². The fraction of sp³-hybridized carbons (Fsp3) is 0.905. The highest BCUT2D eigenvalue weighted by Gasteiger charge is 2.25. The smallest absolute Gasteiger partial charge is 0.220 e. The van der Waals surface area contributed by atoms with Crippen LogP contribution < -0.4 is 5.32 Å². The van der Waals surface area contributed by atoms with Gasteiger partial charge in [0.05, 0.1) is 0 Å². The second-order valence-corrected chi connectivity index (χ2v) is 6.62. The van der Waals surface area contributed by atoms with Crippen LogP contribution in [0, 0.1) is 5.92 Å². The molecule has 0 atom stereocenters. The molecule has 5 heteroatoms. The number of hydrogen-bond donors (Lipinski definition) is 1. The van der Waals surface area contributed by atoms with Gasteiger partial charge in [0, 0.05) is 51.2 Å². The van der Waals surface area contributed by atoms with E-state index in [2.05, 4.69) is 12.2 Å². The van der Waals surface area contributed by atoms with E-state index in [9.17, 15) is 9.59 Å². The van der Waals surface area contributed by atoms with Gasteiger partial charge in [-0.15, -0.1) is 0 Å². The van der Waals surface area contributed by atoms with E-state index in [0.717, 1.165) is 58.2 Å². The van der Waals surface area contributed by atoms with Gasteiger partial charge < -0.3 is 14.8 Å². The Morgan fingerprint density at radius 1 is 0.885 bits per heavy atom. The van der Waals surface area contributed by atoms with Crippen LogP contribution in [0.1, 0.15) is 85.5 Å². The molecule has 26 heavy (non-hydrogen) atoms. The molecule has 0 saturated heterocycles. The first-order chi connectivity index (χ1) is 12.7. The van der Waals surface area contributed by atoms with Crippen LogP contribution in [-0.2, 0) is 19.1 Å². The molecule has 0 aromatic carbocycles. The lowest BCUT2D eigenvalue weighted by atomic mass is 9.83. The summed E-state index contributed by atoms with van der Waals surface area (Å²) in [5, 5.41) is 3.10. The van der Waals surface area contributed by atoms with Gasteiger partial charge in [0.1, 0.15) is 5.78 Å². The summed E-state index contributed by atoms with van der Waals surface area (Å²) in [6.07, 6.45) is 7.55. The van der Waals surface area contributed by atoms with Crippen LogP contribution in [0.5, 0.6) is 0 Å². The van der Waals surface area contributed by atoms with Crippen molar-refractivity contribution < 1.29 is 19.1 Å². The van der Waals surface area contributed by atoms with Crippen LogP contribution in [0.4, 0.5) is 0 Å². The highest BCUT2D eigenvalue weighted by molar-refractivity contribution is 5.80. The minimum Gasteiger partial charge on any atom is -0.381 e. The number of rotatable bonds is 13. The third kappa shape index (κ3) is 12.4. The second kappa shape index (κ2) is 17.5. The first-order valence-electron chi connectivity index (χ1n) is 10.6. The zero-order chi connectivity index (χ0) is 19.6. The fourth-order valence-electron chi connectivity index (χ4n) is 3.09. The van der Waals surface area contributed by atoms with Gasteiger partial charge in [0.2, 0.25) is 5.91 Å². The summed E-state index contributed by atoms with van der Waals surface area (Å²) in [5.74, 6) is 0.699. The molecule has 1 aliphatic rings. The molecule has 0 radical (unpaired) electrons. The third-order valence-corrected chi connectivity index (χ3v) is 4.51. The number of amides is 1. The van der Waals surface area contributed by atoms with Crippen LogP contribution in [0.15, 0.2) is 0 Å². The zero-order valence-corrected chi connectivity index (χ0v) is 17.5. The molecule has 0 aliphatic heterocycles. The number of carbonyl (C=O) groups is 2. The molecule has 0 heterocycles. The van der Waals surface area contributed by atoms with E-state index in [1.807, 2.05) is 20.8 Å².